The van der Waals surface area contributed by atoms with Gasteiger partial charge in [0.1, 0.15) is 17.4 Å². The Kier molecular flexibility index (Phi) is 9.68. The molecule has 0 radical (unpaired) electrons. The minimum Gasteiger partial charge on any atom is -0.497 e. The second-order valence-corrected chi connectivity index (χ2v) is 11.0. The fourth-order valence-electron chi connectivity index (χ4n) is 5.33. The Morgan fingerprint density at radius 2 is 2.00 bits per heavy atom. The number of carbonyl (C=O) groups is 1. The molecule has 3 unspecified atom stereocenters. The van der Waals surface area contributed by atoms with Crippen LogP contribution < -0.4 is 10.5 Å². The van der Waals surface area contributed by atoms with Crippen molar-refractivity contribution in [2.45, 2.75) is 36.6 Å². The lowest BCUT2D eigenvalue weighted by Gasteiger charge is -2.38. The van der Waals surface area contributed by atoms with Gasteiger partial charge in [0.2, 0.25) is 0 Å². The molecule has 4 rings (SSSR count). The third-order valence-electron chi connectivity index (χ3n) is 7.32. The number of carboxylic acids is 1. The summed E-state index contributed by atoms with van der Waals surface area (Å²) in [5.41, 5.74) is 7.45. The number of hydrogen-bond acceptors (Lipinski definition) is 6. The fraction of sp³-hybridized carbons (Fsp3) is 0.429. The molecule has 210 valence electrons. The number of halogens is 4. The van der Waals surface area contributed by atoms with Gasteiger partial charge in [-0.1, -0.05) is 0 Å². The Labute approximate surface area is 228 Å². The van der Waals surface area contributed by atoms with E-state index in [9.17, 15) is 27.5 Å². The first-order chi connectivity index (χ1) is 18.7. The molecule has 0 bridgehead atoms. The van der Waals surface area contributed by atoms with Crippen LogP contribution in [0.5, 0.6) is 5.75 Å². The number of carboxylic acid groups (broad SMARTS) is 1. The van der Waals surface area contributed by atoms with Gasteiger partial charge in [-0.25, -0.2) is 17.6 Å². The van der Waals surface area contributed by atoms with Crippen molar-refractivity contribution in [3.63, 3.8) is 0 Å². The Morgan fingerprint density at radius 3 is 2.74 bits per heavy atom. The first-order valence-corrected chi connectivity index (χ1v) is 13.7. The van der Waals surface area contributed by atoms with Crippen molar-refractivity contribution in [3.05, 3.63) is 65.4 Å². The summed E-state index contributed by atoms with van der Waals surface area (Å²) < 4.78 is 61.0. The molecule has 3 aromatic rings. The van der Waals surface area contributed by atoms with E-state index in [4.69, 9.17) is 10.5 Å². The number of fused-ring (bicyclic) bond motifs is 1. The normalized spacial score (nSPS) is 18.8. The molecule has 0 amide bonds. The second kappa shape index (κ2) is 13.0. The van der Waals surface area contributed by atoms with Gasteiger partial charge in [0.05, 0.1) is 18.8 Å². The lowest BCUT2D eigenvalue weighted by Crippen LogP contribution is -2.42. The van der Waals surface area contributed by atoms with Crippen LogP contribution in [0.3, 0.4) is 0 Å². The predicted molar refractivity (Wildman–Crippen MR) is 142 cm³/mol. The fourth-order valence-corrected chi connectivity index (χ4v) is 6.32. The molecule has 39 heavy (non-hydrogen) atoms. The van der Waals surface area contributed by atoms with Crippen LogP contribution in [-0.4, -0.2) is 53.5 Å². The van der Waals surface area contributed by atoms with Crippen LogP contribution in [0.2, 0.25) is 0 Å². The smallest absolute Gasteiger partial charge is 0.303 e. The number of pyridine rings is 1. The highest BCUT2D eigenvalue weighted by Gasteiger charge is 2.31. The molecule has 0 saturated carbocycles. The zero-order valence-corrected chi connectivity index (χ0v) is 22.3. The molecular weight excluding hydrogens is 534 g/mol. The summed E-state index contributed by atoms with van der Waals surface area (Å²) in [6.45, 7) is 1.73. The highest BCUT2D eigenvalue weighted by atomic mass is 32.2. The number of aromatic nitrogens is 1. The summed E-state index contributed by atoms with van der Waals surface area (Å²) in [5.74, 6) is -3.63. The van der Waals surface area contributed by atoms with E-state index < -0.39 is 35.3 Å². The summed E-state index contributed by atoms with van der Waals surface area (Å²) >= 11 is 1.02. The van der Waals surface area contributed by atoms with Crippen molar-refractivity contribution in [2.75, 3.05) is 32.5 Å². The van der Waals surface area contributed by atoms with Gasteiger partial charge in [-0.2, -0.15) is 0 Å². The van der Waals surface area contributed by atoms with Gasteiger partial charge in [0.25, 0.3) is 0 Å². The van der Waals surface area contributed by atoms with E-state index in [-0.39, 0.29) is 23.2 Å². The molecule has 3 N–H and O–H groups in total. The van der Waals surface area contributed by atoms with Crippen LogP contribution in [0.1, 0.15) is 37.3 Å². The molecule has 3 atom stereocenters. The molecule has 2 aromatic carbocycles. The van der Waals surface area contributed by atoms with Gasteiger partial charge in [0.15, 0.2) is 11.6 Å². The third kappa shape index (κ3) is 7.20. The van der Waals surface area contributed by atoms with E-state index in [1.807, 2.05) is 0 Å². The molecule has 2 heterocycles. The molecular formula is C28H31F4N3O3S. The molecule has 1 saturated heterocycles. The quantitative estimate of drug-likeness (QED) is 0.173. The molecule has 1 aliphatic rings. The molecule has 1 aliphatic heterocycles. The number of rotatable bonds is 11. The zero-order valence-electron chi connectivity index (χ0n) is 21.5. The van der Waals surface area contributed by atoms with Gasteiger partial charge in [0, 0.05) is 53.2 Å². The van der Waals surface area contributed by atoms with Gasteiger partial charge < -0.3 is 20.5 Å². The lowest BCUT2D eigenvalue weighted by atomic mass is 9.79. The molecule has 6 nitrogen and oxygen atoms in total. The lowest BCUT2D eigenvalue weighted by molar-refractivity contribution is -0.139. The number of likely N-dealkylation sites (tertiary alicyclic amines) is 1. The Hall–Kier alpha value is -2.89. The van der Waals surface area contributed by atoms with Gasteiger partial charge in [-0.05, 0) is 61.9 Å². The largest absolute Gasteiger partial charge is 0.497 e. The molecule has 11 heteroatoms. The summed E-state index contributed by atoms with van der Waals surface area (Å²) in [6.07, 6.45) is 2.97. The van der Waals surface area contributed by atoms with Crippen molar-refractivity contribution in [1.82, 2.24) is 9.88 Å². The third-order valence-corrected chi connectivity index (χ3v) is 8.32. The number of ether oxygens (including phenoxy) is 1. The SMILES string of the molecule is COc1ccc2ncc(F)c(C(N)CCC3CCN(CCSc4cc(F)cc(F)c4F)CC3CC(=O)O)c2c1. The topological polar surface area (TPSA) is 88.7 Å². The molecule has 0 aliphatic carbocycles. The average Bonchev–Trinajstić information content (AvgIpc) is 2.90. The van der Waals surface area contributed by atoms with Crippen LogP contribution in [0, 0.1) is 35.1 Å². The van der Waals surface area contributed by atoms with Gasteiger partial charge >= 0.3 is 5.97 Å². The Morgan fingerprint density at radius 1 is 1.21 bits per heavy atom. The maximum Gasteiger partial charge on any atom is 0.303 e. The van der Waals surface area contributed by atoms with Crippen LogP contribution in [0.4, 0.5) is 17.6 Å². The maximum atomic E-state index is 14.8. The van der Waals surface area contributed by atoms with E-state index in [0.717, 1.165) is 30.4 Å². The number of aliphatic carboxylic acids is 1. The number of nitrogens with two attached hydrogens (primary N) is 1. The molecule has 0 spiro atoms. The van der Waals surface area contributed by atoms with Crippen molar-refractivity contribution in [2.24, 2.45) is 17.6 Å². The Balaban J connectivity index is 1.38. The molecule has 1 aromatic heterocycles. The summed E-state index contributed by atoms with van der Waals surface area (Å²) in [7, 11) is 1.53. The number of thioether (sulfide) groups is 1. The minimum absolute atomic E-state index is 0.0168. The summed E-state index contributed by atoms with van der Waals surface area (Å²) in [4.78, 5) is 17.7. The standard InChI is InChI=1S/C28H31F4N3O3S/c1-38-19-3-5-24-20(13-19)27(22(31)14-34-24)23(33)4-2-16-6-7-35(15-17(16)10-26(36)37)8-9-39-25-12-18(29)11-21(30)28(25)32/h3,5,11-14,16-17,23H,2,4,6-10,15,33H2,1H3,(H,36,37). The highest BCUT2D eigenvalue weighted by molar-refractivity contribution is 7.99. The van der Waals surface area contributed by atoms with Crippen molar-refractivity contribution in [1.29, 1.82) is 0 Å². The molecule has 1 fully saturated rings. The predicted octanol–water partition coefficient (Wildman–Crippen LogP) is 5.78. The van der Waals surface area contributed by atoms with E-state index >= 15 is 0 Å². The van der Waals surface area contributed by atoms with Crippen LogP contribution in [0.15, 0.2) is 41.4 Å². The Bertz CT molecular complexity index is 1330. The average molecular weight is 566 g/mol. The van der Waals surface area contributed by atoms with Crippen molar-refractivity contribution in [3.8, 4) is 5.75 Å². The first kappa shape index (κ1) is 29.1. The van der Waals surface area contributed by atoms with Crippen LogP contribution in [-0.2, 0) is 4.79 Å². The maximum absolute atomic E-state index is 14.8. The van der Waals surface area contributed by atoms with E-state index in [1.54, 1.807) is 18.2 Å². The van der Waals surface area contributed by atoms with E-state index in [2.05, 4.69) is 9.88 Å². The minimum atomic E-state index is -1.23. The number of methoxy groups -OCH3 is 1. The van der Waals surface area contributed by atoms with Gasteiger partial charge in [-0.15, -0.1) is 11.8 Å². The van der Waals surface area contributed by atoms with Crippen LogP contribution in [0.25, 0.3) is 10.9 Å². The monoisotopic (exact) mass is 565 g/mol. The number of benzene rings is 2. The van der Waals surface area contributed by atoms with E-state index in [1.165, 1.54) is 7.11 Å². The number of nitrogens with zero attached hydrogens (tertiary/aromatic N) is 2. The summed E-state index contributed by atoms with van der Waals surface area (Å²) in [5, 5.41) is 10.1. The van der Waals surface area contributed by atoms with Crippen molar-refractivity contribution < 1.29 is 32.2 Å². The highest BCUT2D eigenvalue weighted by Crippen LogP contribution is 2.35. The van der Waals surface area contributed by atoms with E-state index in [0.29, 0.717) is 66.5 Å². The zero-order chi connectivity index (χ0) is 28.1. The first-order valence-electron chi connectivity index (χ1n) is 12.8. The number of piperidine rings is 1. The summed E-state index contributed by atoms with van der Waals surface area (Å²) in [6, 6.07) is 6.09. The van der Waals surface area contributed by atoms with Gasteiger partial charge in [-0.3, -0.25) is 9.78 Å². The van der Waals surface area contributed by atoms with Crippen LogP contribution >= 0.6 is 11.8 Å². The van der Waals surface area contributed by atoms with Crippen molar-refractivity contribution >= 4 is 28.6 Å². The number of hydrogen-bond donors (Lipinski definition) is 2. The second-order valence-electron chi connectivity index (χ2n) is 9.84.